The van der Waals surface area contributed by atoms with E-state index in [1.54, 1.807) is 0 Å². The second-order valence-corrected chi connectivity index (χ2v) is 8.34. The predicted octanol–water partition coefficient (Wildman–Crippen LogP) is 6.65. The van der Waals surface area contributed by atoms with Crippen LogP contribution in [0.5, 0.6) is 5.75 Å². The third-order valence-corrected chi connectivity index (χ3v) is 5.42. The Kier molecular flexibility index (Phi) is 9.43. The Labute approximate surface area is 197 Å². The Bertz CT molecular complexity index is 983. The lowest BCUT2D eigenvalue weighted by atomic mass is 10.0. The topological polar surface area (TPSA) is 61.3 Å². The fraction of sp³-hybridized carbons (Fsp3) is 0.393. The highest BCUT2D eigenvalue weighted by Crippen LogP contribution is 2.23. The summed E-state index contributed by atoms with van der Waals surface area (Å²) in [5, 5.41) is 0. The van der Waals surface area contributed by atoms with Gasteiger partial charge in [-0.2, -0.15) is 0 Å². The first-order chi connectivity index (χ1) is 16.1. The van der Waals surface area contributed by atoms with Gasteiger partial charge in [0.2, 0.25) is 0 Å². The summed E-state index contributed by atoms with van der Waals surface area (Å²) in [7, 11) is 0. The molecule has 0 unspecified atom stereocenters. The monoisotopic (exact) mass is 446 g/mol. The molecule has 0 aliphatic heterocycles. The highest BCUT2D eigenvalue weighted by Gasteiger charge is 2.10. The van der Waals surface area contributed by atoms with Crippen LogP contribution in [-0.2, 0) is 16.0 Å². The molecule has 2 aromatic carbocycles. The van der Waals surface area contributed by atoms with Crippen LogP contribution in [0.15, 0.2) is 60.9 Å². The van der Waals surface area contributed by atoms with Gasteiger partial charge in [-0.05, 0) is 61.6 Å². The molecule has 5 heteroatoms. The van der Waals surface area contributed by atoms with Gasteiger partial charge in [0.15, 0.2) is 5.82 Å². The third kappa shape index (κ3) is 7.70. The molecule has 5 nitrogen and oxygen atoms in total. The van der Waals surface area contributed by atoms with Crippen LogP contribution in [0.25, 0.3) is 22.5 Å². The molecule has 1 heterocycles. The van der Waals surface area contributed by atoms with Gasteiger partial charge in [-0.25, -0.2) is 9.97 Å². The second-order valence-electron chi connectivity index (χ2n) is 8.34. The summed E-state index contributed by atoms with van der Waals surface area (Å²) < 4.78 is 11.1. The van der Waals surface area contributed by atoms with Crippen molar-refractivity contribution in [3.8, 4) is 28.3 Å². The predicted molar refractivity (Wildman–Crippen MR) is 132 cm³/mol. The van der Waals surface area contributed by atoms with E-state index in [2.05, 4.69) is 48.1 Å². The van der Waals surface area contributed by atoms with E-state index in [-0.39, 0.29) is 12.1 Å². The van der Waals surface area contributed by atoms with Gasteiger partial charge in [0, 0.05) is 29.9 Å². The van der Waals surface area contributed by atoms with Gasteiger partial charge < -0.3 is 9.47 Å². The molecule has 0 N–H and O–H groups in total. The summed E-state index contributed by atoms with van der Waals surface area (Å²) in [5.41, 5.74) is 4.41. The van der Waals surface area contributed by atoms with Gasteiger partial charge in [0.1, 0.15) is 18.5 Å². The fourth-order valence-corrected chi connectivity index (χ4v) is 3.42. The van der Waals surface area contributed by atoms with Gasteiger partial charge in [0.25, 0.3) is 0 Å². The molecule has 0 saturated carbocycles. The van der Waals surface area contributed by atoms with Gasteiger partial charge in [-0.3, -0.25) is 4.79 Å². The minimum atomic E-state index is -0.286. The highest BCUT2D eigenvalue weighted by atomic mass is 16.6. The van der Waals surface area contributed by atoms with Crippen molar-refractivity contribution in [2.75, 3.05) is 6.61 Å². The van der Waals surface area contributed by atoms with Gasteiger partial charge in [-0.1, -0.05) is 51.0 Å². The van der Waals surface area contributed by atoms with E-state index >= 15 is 0 Å². The molecule has 3 rings (SSSR count). The quantitative estimate of drug-likeness (QED) is 0.291. The molecule has 174 valence electrons. The molecule has 33 heavy (non-hydrogen) atoms. The Morgan fingerprint density at radius 2 is 1.48 bits per heavy atom. The number of unbranched alkanes of at least 4 members (excludes halogenated alkanes) is 2. The van der Waals surface area contributed by atoms with E-state index in [1.807, 2.05) is 43.6 Å². The van der Waals surface area contributed by atoms with E-state index in [1.165, 1.54) is 18.4 Å². The van der Waals surface area contributed by atoms with E-state index in [9.17, 15) is 4.79 Å². The number of carbonyl (C=O) groups is 1. The molecule has 0 amide bonds. The number of esters is 1. The van der Waals surface area contributed by atoms with Crippen LogP contribution in [0.2, 0.25) is 0 Å². The first-order valence-corrected chi connectivity index (χ1v) is 11.9. The van der Waals surface area contributed by atoms with Crippen LogP contribution in [0.3, 0.4) is 0 Å². The van der Waals surface area contributed by atoms with Crippen molar-refractivity contribution in [3.63, 3.8) is 0 Å². The lowest BCUT2D eigenvalue weighted by molar-refractivity contribution is -0.149. The number of carbonyl (C=O) groups excluding carboxylic acids is 1. The van der Waals surface area contributed by atoms with Gasteiger partial charge in [0.05, 0.1) is 0 Å². The van der Waals surface area contributed by atoms with Crippen LogP contribution >= 0.6 is 0 Å². The van der Waals surface area contributed by atoms with E-state index in [0.29, 0.717) is 18.9 Å². The summed E-state index contributed by atoms with van der Waals surface area (Å²) >= 11 is 0. The lowest BCUT2D eigenvalue weighted by Gasteiger charge is -2.14. The smallest absolute Gasteiger partial charge is 0.306 e. The highest BCUT2D eigenvalue weighted by molar-refractivity contribution is 5.69. The van der Waals surface area contributed by atoms with Crippen LogP contribution in [0.4, 0.5) is 0 Å². The van der Waals surface area contributed by atoms with Crippen molar-refractivity contribution in [3.05, 3.63) is 66.5 Å². The van der Waals surface area contributed by atoms with Gasteiger partial charge >= 0.3 is 5.97 Å². The molecule has 0 radical (unpaired) electrons. The molecule has 1 atom stereocenters. The molecule has 0 fully saturated rings. The standard InChI is InChI=1S/C28H34N2O3/c1-4-6-8-22-10-12-23(13-11-22)25-18-29-28(30-19-25)24-14-16-26(17-15-24)32-20-21(3)33-27(31)9-7-5-2/h10-19,21H,4-9,20H2,1-3H3/t21-/m0/s1. The molecule has 0 aliphatic carbocycles. The summed E-state index contributed by atoms with van der Waals surface area (Å²) in [6.45, 7) is 6.42. The molecular formula is C28H34N2O3. The number of hydrogen-bond acceptors (Lipinski definition) is 5. The van der Waals surface area contributed by atoms with Crippen molar-refractivity contribution in [1.29, 1.82) is 0 Å². The van der Waals surface area contributed by atoms with Crippen LogP contribution in [-0.4, -0.2) is 28.6 Å². The van der Waals surface area contributed by atoms with Crippen molar-refractivity contribution in [2.24, 2.45) is 0 Å². The van der Waals surface area contributed by atoms with E-state index < -0.39 is 0 Å². The summed E-state index contributed by atoms with van der Waals surface area (Å²) in [5.74, 6) is 1.22. The third-order valence-electron chi connectivity index (χ3n) is 5.42. The Hall–Kier alpha value is -3.21. The number of aryl methyl sites for hydroxylation is 1. The Morgan fingerprint density at radius 3 is 2.12 bits per heavy atom. The minimum absolute atomic E-state index is 0.170. The number of rotatable bonds is 12. The first-order valence-electron chi connectivity index (χ1n) is 11.9. The van der Waals surface area contributed by atoms with Crippen LogP contribution in [0.1, 0.15) is 58.4 Å². The molecule has 0 saturated heterocycles. The van der Waals surface area contributed by atoms with E-state index in [4.69, 9.17) is 9.47 Å². The molecule has 0 bridgehead atoms. The second kappa shape index (κ2) is 12.7. The maximum Gasteiger partial charge on any atom is 0.306 e. The van der Waals surface area contributed by atoms with Crippen molar-refractivity contribution < 1.29 is 14.3 Å². The van der Waals surface area contributed by atoms with Crippen molar-refractivity contribution in [1.82, 2.24) is 9.97 Å². The van der Waals surface area contributed by atoms with E-state index in [0.717, 1.165) is 41.7 Å². The number of aromatic nitrogens is 2. The zero-order valence-corrected chi connectivity index (χ0v) is 19.9. The Balaban J connectivity index is 1.53. The molecule has 3 aromatic rings. The minimum Gasteiger partial charge on any atom is -0.490 e. The normalized spacial score (nSPS) is 11.7. The summed E-state index contributed by atoms with van der Waals surface area (Å²) in [6.07, 6.45) is 9.26. The first kappa shape index (κ1) is 24.4. The number of nitrogens with zero attached hydrogens (tertiary/aromatic N) is 2. The number of ether oxygens (including phenoxy) is 2. The maximum absolute atomic E-state index is 11.7. The SMILES string of the molecule is CCCCC(=O)O[C@@H](C)COc1ccc(-c2ncc(-c3ccc(CCCC)cc3)cn2)cc1. The average molecular weight is 447 g/mol. The fourth-order valence-electron chi connectivity index (χ4n) is 3.42. The molecular weight excluding hydrogens is 412 g/mol. The molecule has 0 spiro atoms. The van der Waals surface area contributed by atoms with Crippen LogP contribution < -0.4 is 4.74 Å². The molecule has 0 aliphatic rings. The molecule has 1 aromatic heterocycles. The summed E-state index contributed by atoms with van der Waals surface area (Å²) in [4.78, 5) is 20.8. The average Bonchev–Trinajstić information content (AvgIpc) is 2.86. The zero-order valence-electron chi connectivity index (χ0n) is 19.9. The Morgan fingerprint density at radius 1 is 0.848 bits per heavy atom. The summed E-state index contributed by atoms with van der Waals surface area (Å²) in [6, 6.07) is 16.3. The number of hydrogen-bond donors (Lipinski definition) is 0. The number of benzene rings is 2. The van der Waals surface area contributed by atoms with Crippen molar-refractivity contribution in [2.45, 2.75) is 65.4 Å². The lowest BCUT2D eigenvalue weighted by Crippen LogP contribution is -2.21. The van der Waals surface area contributed by atoms with Gasteiger partial charge in [-0.15, -0.1) is 0 Å². The zero-order chi connectivity index (χ0) is 23.5. The van der Waals surface area contributed by atoms with Crippen LogP contribution in [0, 0.1) is 0 Å². The maximum atomic E-state index is 11.7. The van der Waals surface area contributed by atoms with Crippen molar-refractivity contribution >= 4 is 5.97 Å². The largest absolute Gasteiger partial charge is 0.490 e.